The number of aryl methyl sites for hydroxylation is 2. The van der Waals surface area contributed by atoms with E-state index < -0.39 is 0 Å². The molecule has 0 aliphatic rings. The third kappa shape index (κ3) is 2.79. The molecule has 0 saturated heterocycles. The molecule has 0 radical (unpaired) electrons. The van der Waals surface area contributed by atoms with E-state index in [4.69, 9.17) is 11.6 Å². The lowest BCUT2D eigenvalue weighted by molar-refractivity contribution is 0.678. The van der Waals surface area contributed by atoms with Gasteiger partial charge in [-0.1, -0.05) is 6.07 Å². The minimum Gasteiger partial charge on any atom is -0.331 e. The molecule has 3 nitrogen and oxygen atoms in total. The van der Waals surface area contributed by atoms with Crippen molar-refractivity contribution in [1.29, 1.82) is 0 Å². The molecule has 0 amide bonds. The smallest absolute Gasteiger partial charge is 0.106 e. The fourth-order valence-corrected chi connectivity index (χ4v) is 2.03. The Morgan fingerprint density at radius 2 is 2.24 bits per heavy atom. The average molecular weight is 252 g/mol. The molecule has 4 heteroatoms. The Labute approximate surface area is 107 Å². The van der Waals surface area contributed by atoms with Gasteiger partial charge in [-0.25, -0.2) is 4.98 Å². The van der Waals surface area contributed by atoms with Crippen molar-refractivity contribution in [3.8, 4) is 0 Å². The fraction of sp³-hybridized carbons (Fsp3) is 0.462. The van der Waals surface area contributed by atoms with Crippen LogP contribution in [0.25, 0.3) is 11.0 Å². The van der Waals surface area contributed by atoms with Crippen LogP contribution in [0.4, 0.5) is 0 Å². The van der Waals surface area contributed by atoms with Gasteiger partial charge in [-0.05, 0) is 37.6 Å². The highest BCUT2D eigenvalue weighted by molar-refractivity contribution is 6.17. The molecule has 0 aliphatic heterocycles. The van der Waals surface area contributed by atoms with E-state index in [1.807, 2.05) is 14.0 Å². The number of nitrogens with one attached hydrogen (secondary N) is 1. The van der Waals surface area contributed by atoms with Crippen molar-refractivity contribution < 1.29 is 0 Å². The van der Waals surface area contributed by atoms with Crippen molar-refractivity contribution in [2.75, 3.05) is 12.4 Å². The van der Waals surface area contributed by atoms with Gasteiger partial charge in [0, 0.05) is 19.5 Å². The molecule has 0 bridgehead atoms. The number of rotatable bonds is 5. The predicted octanol–water partition coefficient (Wildman–Crippen LogP) is 2.60. The van der Waals surface area contributed by atoms with Crippen LogP contribution < -0.4 is 5.32 Å². The predicted molar refractivity (Wildman–Crippen MR) is 72.5 cm³/mol. The first-order chi connectivity index (χ1) is 8.22. The van der Waals surface area contributed by atoms with Crippen LogP contribution in [0, 0.1) is 6.92 Å². The van der Waals surface area contributed by atoms with Crippen LogP contribution in [0.5, 0.6) is 0 Å². The topological polar surface area (TPSA) is 29.9 Å². The second-order valence-electron chi connectivity index (χ2n) is 4.26. The largest absolute Gasteiger partial charge is 0.331 e. The summed E-state index contributed by atoms with van der Waals surface area (Å²) in [6, 6.07) is 6.43. The van der Waals surface area contributed by atoms with E-state index in [9.17, 15) is 0 Å². The van der Waals surface area contributed by atoms with E-state index in [0.29, 0.717) is 5.88 Å². The molecule has 0 fully saturated rings. The molecule has 0 saturated carbocycles. The van der Waals surface area contributed by atoms with Crippen LogP contribution in [-0.2, 0) is 13.6 Å². The molecule has 92 valence electrons. The number of nitrogens with zero attached hydrogens (tertiary/aromatic N) is 2. The van der Waals surface area contributed by atoms with Crippen LogP contribution in [-0.4, -0.2) is 22.0 Å². The summed E-state index contributed by atoms with van der Waals surface area (Å²) in [6.07, 6.45) is 1.01. The van der Waals surface area contributed by atoms with Crippen LogP contribution in [0.15, 0.2) is 18.2 Å². The van der Waals surface area contributed by atoms with Gasteiger partial charge in [0.2, 0.25) is 0 Å². The summed E-state index contributed by atoms with van der Waals surface area (Å²) in [5.41, 5.74) is 3.53. The van der Waals surface area contributed by atoms with Gasteiger partial charge < -0.3 is 9.88 Å². The van der Waals surface area contributed by atoms with E-state index in [1.165, 1.54) is 11.1 Å². The van der Waals surface area contributed by atoms with Crippen LogP contribution in [0.2, 0.25) is 0 Å². The Balaban J connectivity index is 2.09. The highest BCUT2D eigenvalue weighted by Gasteiger charge is 2.04. The van der Waals surface area contributed by atoms with Crippen molar-refractivity contribution in [1.82, 2.24) is 14.9 Å². The molecule has 2 rings (SSSR count). The molecular formula is C13H18ClN3. The summed E-state index contributed by atoms with van der Waals surface area (Å²) in [5.74, 6) is 1.76. The maximum absolute atomic E-state index is 5.63. The minimum atomic E-state index is 0.714. The second kappa shape index (κ2) is 5.52. The lowest BCUT2D eigenvalue weighted by Gasteiger charge is -2.04. The van der Waals surface area contributed by atoms with Crippen molar-refractivity contribution in [2.24, 2.45) is 7.05 Å². The quantitative estimate of drug-likeness (QED) is 0.654. The van der Waals surface area contributed by atoms with Crippen LogP contribution in [0.3, 0.4) is 0 Å². The lowest BCUT2D eigenvalue weighted by atomic mass is 10.2. The summed E-state index contributed by atoms with van der Waals surface area (Å²) in [7, 11) is 2.04. The monoisotopic (exact) mass is 251 g/mol. The number of hydrogen-bond donors (Lipinski definition) is 1. The number of fused-ring (bicyclic) bond motifs is 1. The Morgan fingerprint density at radius 3 is 3.00 bits per heavy atom. The molecule has 1 heterocycles. The van der Waals surface area contributed by atoms with Gasteiger partial charge in [0.1, 0.15) is 5.82 Å². The third-order valence-electron chi connectivity index (χ3n) is 2.99. The molecule has 1 N–H and O–H groups in total. The molecule has 2 aromatic rings. The number of aromatic nitrogens is 2. The zero-order chi connectivity index (χ0) is 12.3. The third-order valence-corrected chi connectivity index (χ3v) is 3.25. The summed E-state index contributed by atoms with van der Waals surface area (Å²) in [6.45, 7) is 3.86. The van der Waals surface area contributed by atoms with Gasteiger partial charge in [0.05, 0.1) is 11.0 Å². The molecule has 0 spiro atoms. The van der Waals surface area contributed by atoms with Gasteiger partial charge in [0.25, 0.3) is 0 Å². The Kier molecular flexibility index (Phi) is 4.02. The van der Waals surface area contributed by atoms with Gasteiger partial charge >= 0.3 is 0 Å². The Hall–Kier alpha value is -1.06. The zero-order valence-corrected chi connectivity index (χ0v) is 11.1. The summed E-state index contributed by atoms with van der Waals surface area (Å²) in [5, 5.41) is 3.37. The first kappa shape index (κ1) is 12.4. The fourth-order valence-electron chi connectivity index (χ4n) is 1.90. The van der Waals surface area contributed by atoms with Crippen molar-refractivity contribution in [2.45, 2.75) is 19.9 Å². The number of imidazole rings is 1. The lowest BCUT2D eigenvalue weighted by Crippen LogP contribution is -2.14. The standard InChI is InChI=1S/C13H18ClN3/c1-10-16-12-8-11(9-15-7-3-6-14)4-5-13(12)17(10)2/h4-5,8,15H,3,6-7,9H2,1-2H3. The highest BCUT2D eigenvalue weighted by atomic mass is 35.5. The Morgan fingerprint density at radius 1 is 1.41 bits per heavy atom. The molecule has 0 aliphatic carbocycles. The van der Waals surface area contributed by atoms with Crippen LogP contribution in [0.1, 0.15) is 17.8 Å². The second-order valence-corrected chi connectivity index (χ2v) is 4.64. The maximum Gasteiger partial charge on any atom is 0.106 e. The van der Waals surface area contributed by atoms with Crippen molar-refractivity contribution >= 4 is 22.6 Å². The van der Waals surface area contributed by atoms with E-state index in [2.05, 4.69) is 33.1 Å². The van der Waals surface area contributed by atoms with Gasteiger partial charge in [0.15, 0.2) is 0 Å². The highest BCUT2D eigenvalue weighted by Crippen LogP contribution is 2.16. The molecule has 1 aromatic heterocycles. The number of alkyl halides is 1. The molecular weight excluding hydrogens is 234 g/mol. The van der Waals surface area contributed by atoms with Crippen molar-refractivity contribution in [3.63, 3.8) is 0 Å². The summed E-state index contributed by atoms with van der Waals surface area (Å²) in [4.78, 5) is 4.53. The molecule has 17 heavy (non-hydrogen) atoms. The van der Waals surface area contributed by atoms with Gasteiger partial charge in [-0.2, -0.15) is 0 Å². The summed E-state index contributed by atoms with van der Waals surface area (Å²) >= 11 is 5.63. The summed E-state index contributed by atoms with van der Waals surface area (Å²) < 4.78 is 2.11. The SMILES string of the molecule is Cc1nc2cc(CNCCCCl)ccc2n1C. The first-order valence-electron chi connectivity index (χ1n) is 5.91. The Bertz CT molecular complexity index is 505. The van der Waals surface area contributed by atoms with E-state index in [1.54, 1.807) is 0 Å². The molecule has 1 aromatic carbocycles. The van der Waals surface area contributed by atoms with Gasteiger partial charge in [-0.15, -0.1) is 11.6 Å². The number of benzene rings is 1. The average Bonchev–Trinajstić information content (AvgIpc) is 2.61. The van der Waals surface area contributed by atoms with Crippen LogP contribution >= 0.6 is 11.6 Å². The van der Waals surface area contributed by atoms with E-state index >= 15 is 0 Å². The van der Waals surface area contributed by atoms with E-state index in [0.717, 1.165) is 30.9 Å². The van der Waals surface area contributed by atoms with Gasteiger partial charge in [-0.3, -0.25) is 0 Å². The number of halogens is 1. The molecule has 0 atom stereocenters. The molecule has 0 unspecified atom stereocenters. The maximum atomic E-state index is 5.63. The zero-order valence-electron chi connectivity index (χ0n) is 10.3. The minimum absolute atomic E-state index is 0.714. The van der Waals surface area contributed by atoms with Crippen molar-refractivity contribution in [3.05, 3.63) is 29.6 Å². The van der Waals surface area contributed by atoms with E-state index in [-0.39, 0.29) is 0 Å². The normalized spacial score (nSPS) is 11.2. The first-order valence-corrected chi connectivity index (χ1v) is 6.44. The number of hydrogen-bond acceptors (Lipinski definition) is 2.